The standard InChI is InChI=1S/C53H61FN10O9S2/c1-7-75(71,72)63-39-22-18-35(24-42(39)73-31(3)33-16-20-37(54)21-17-33)46-45(49(55)68)50(62-61-46)59-43-23-19-36(27-56-43)41(66)10-8-9-11-44(67)60-48(53(4,5)6)52(70)64-28-38(65)25-40(64)51(69)57-26-32-12-14-34(15-13-32)47-30(2)58-29-74-47/h12-24,27,29,31,38,40,48,63,65H,7-11,25-26,28H2,1-6H3,(H2,55,68)(H,57,69)(H,60,67)(H2,56,59,61,62)/t31-,38+,40-,48+/m0/s1. The number of β-amino-alcohol motifs (C(OH)–C–C–N with tert-alkyl or cyclic N) is 1. The van der Waals surface area contributed by atoms with Crippen LogP contribution in [0.3, 0.4) is 0 Å². The number of ether oxygens (including phenoxy) is 1. The van der Waals surface area contributed by atoms with Crippen LogP contribution >= 0.6 is 11.3 Å². The third-order valence-electron chi connectivity index (χ3n) is 12.7. The Balaban J connectivity index is 0.919. The highest BCUT2D eigenvalue weighted by molar-refractivity contribution is 7.92. The van der Waals surface area contributed by atoms with Crippen molar-refractivity contribution in [2.75, 3.05) is 22.3 Å². The van der Waals surface area contributed by atoms with Crippen molar-refractivity contribution in [3.8, 4) is 27.4 Å². The number of amides is 4. The molecular weight excluding hydrogens is 1000 g/mol. The number of halogens is 1. The second-order valence-corrected chi connectivity index (χ2v) is 22.2. The molecule has 4 heterocycles. The van der Waals surface area contributed by atoms with Crippen LogP contribution in [0.5, 0.6) is 5.75 Å². The normalized spacial score (nSPS) is 15.4. The first-order valence-corrected chi connectivity index (χ1v) is 26.9. The number of pyridine rings is 1. The molecule has 4 atom stereocenters. The van der Waals surface area contributed by atoms with Gasteiger partial charge in [-0.15, -0.1) is 11.3 Å². The number of ketones is 1. The Labute approximate surface area is 438 Å². The Hall–Kier alpha value is -7.56. The number of thiazole rings is 1. The van der Waals surface area contributed by atoms with Crippen LogP contribution in [0.1, 0.15) is 110 Å². The van der Waals surface area contributed by atoms with E-state index in [1.165, 1.54) is 48.4 Å². The topological polar surface area (TPSA) is 281 Å². The van der Waals surface area contributed by atoms with Gasteiger partial charge in [0.15, 0.2) is 11.6 Å². The van der Waals surface area contributed by atoms with Crippen molar-refractivity contribution in [3.63, 3.8) is 0 Å². The van der Waals surface area contributed by atoms with E-state index in [1.54, 1.807) is 48.0 Å². The number of nitrogens with two attached hydrogens (primary N) is 1. The molecule has 1 aliphatic rings. The molecule has 1 fully saturated rings. The van der Waals surface area contributed by atoms with Crippen molar-refractivity contribution in [1.29, 1.82) is 0 Å². The van der Waals surface area contributed by atoms with Crippen LogP contribution in [-0.2, 0) is 31.0 Å². The minimum atomic E-state index is -3.73. The van der Waals surface area contributed by atoms with Gasteiger partial charge < -0.3 is 36.4 Å². The van der Waals surface area contributed by atoms with Crippen LogP contribution < -0.4 is 31.1 Å². The zero-order chi connectivity index (χ0) is 54.2. The molecule has 8 N–H and O–H groups in total. The van der Waals surface area contributed by atoms with E-state index >= 15 is 0 Å². The molecule has 0 radical (unpaired) electrons. The van der Waals surface area contributed by atoms with E-state index < -0.39 is 69.2 Å². The van der Waals surface area contributed by atoms with Crippen LogP contribution in [-0.4, -0.2) is 98.5 Å². The Morgan fingerprint density at radius 3 is 2.32 bits per heavy atom. The smallest absolute Gasteiger partial charge is 0.254 e. The lowest BCUT2D eigenvalue weighted by Gasteiger charge is -2.35. The molecule has 6 aromatic rings. The number of unbranched alkanes of at least 4 members (excludes halogenated alkanes) is 1. The maximum Gasteiger partial charge on any atom is 0.254 e. The summed E-state index contributed by atoms with van der Waals surface area (Å²) in [4.78, 5) is 78.1. The van der Waals surface area contributed by atoms with Crippen molar-refractivity contribution < 1.29 is 46.6 Å². The van der Waals surface area contributed by atoms with Gasteiger partial charge in [-0.2, -0.15) is 5.10 Å². The van der Waals surface area contributed by atoms with Crippen molar-refractivity contribution >= 4 is 68.1 Å². The summed E-state index contributed by atoms with van der Waals surface area (Å²) in [6, 6.07) is 19.1. The van der Waals surface area contributed by atoms with Crippen LogP contribution in [0.15, 0.2) is 90.6 Å². The minimum absolute atomic E-state index is 0.0234. The third-order valence-corrected chi connectivity index (χ3v) is 14.9. The summed E-state index contributed by atoms with van der Waals surface area (Å²) in [7, 11) is -3.73. The number of hydrogen-bond acceptors (Lipinski definition) is 14. The number of aliphatic hydroxyl groups is 1. The highest BCUT2D eigenvalue weighted by Crippen LogP contribution is 2.37. The number of hydrogen-bond donors (Lipinski definition) is 7. The number of aliphatic hydroxyl groups excluding tert-OH is 1. The molecule has 19 nitrogen and oxygen atoms in total. The number of aryl methyl sites for hydroxylation is 1. The summed E-state index contributed by atoms with van der Waals surface area (Å²) in [6.07, 6.45) is 0.685. The molecule has 0 aliphatic carbocycles. The number of carbonyl (C=O) groups is 5. The first-order valence-electron chi connectivity index (χ1n) is 24.4. The number of likely N-dealkylation sites (tertiary alicyclic amines) is 1. The van der Waals surface area contributed by atoms with Crippen molar-refractivity contribution in [3.05, 3.63) is 124 Å². The summed E-state index contributed by atoms with van der Waals surface area (Å²) in [5, 5.41) is 26.4. The lowest BCUT2D eigenvalue weighted by molar-refractivity contribution is -0.144. The van der Waals surface area contributed by atoms with Crippen molar-refractivity contribution in [1.82, 2.24) is 35.7 Å². The number of nitrogens with one attached hydrogen (secondary N) is 5. The lowest BCUT2D eigenvalue weighted by atomic mass is 9.85. The fourth-order valence-corrected chi connectivity index (χ4v) is 9.92. The van der Waals surface area contributed by atoms with E-state index in [4.69, 9.17) is 10.5 Å². The molecule has 0 unspecified atom stereocenters. The average Bonchev–Trinajstić information content (AvgIpc) is 4.12. The molecule has 75 heavy (non-hydrogen) atoms. The number of sulfonamides is 1. The second kappa shape index (κ2) is 23.8. The molecule has 22 heteroatoms. The van der Waals surface area contributed by atoms with Gasteiger partial charge in [0.1, 0.15) is 41.1 Å². The molecule has 0 bridgehead atoms. The van der Waals surface area contributed by atoms with Gasteiger partial charge in [-0.3, -0.25) is 33.8 Å². The number of nitrogens with zero attached hydrogens (tertiary/aromatic N) is 4. The van der Waals surface area contributed by atoms with Gasteiger partial charge in [0.2, 0.25) is 27.7 Å². The van der Waals surface area contributed by atoms with Gasteiger partial charge in [0, 0.05) is 49.7 Å². The molecule has 4 amide bonds. The molecule has 396 valence electrons. The fourth-order valence-electron chi connectivity index (χ4n) is 8.46. The zero-order valence-corrected chi connectivity index (χ0v) is 44.0. The maximum atomic E-state index is 14.1. The molecule has 7 rings (SSSR count). The van der Waals surface area contributed by atoms with E-state index in [9.17, 15) is 41.9 Å². The Bertz CT molecular complexity index is 3140. The number of benzene rings is 3. The van der Waals surface area contributed by atoms with Crippen molar-refractivity contribution in [2.45, 2.75) is 104 Å². The Morgan fingerprint density at radius 1 is 0.973 bits per heavy atom. The quantitative estimate of drug-likeness (QED) is 0.0259. The number of Topliss-reactive ketones (excluding diaryl/α,β-unsaturated/α-hetero) is 1. The molecule has 1 saturated heterocycles. The van der Waals surface area contributed by atoms with Gasteiger partial charge in [0.25, 0.3) is 5.91 Å². The Kier molecular flexibility index (Phi) is 17.5. The monoisotopic (exact) mass is 1060 g/mol. The van der Waals surface area contributed by atoms with Crippen LogP contribution in [0.25, 0.3) is 21.7 Å². The molecular formula is C53H61FN10O9S2. The summed E-state index contributed by atoms with van der Waals surface area (Å²) in [6.45, 7) is 10.7. The van der Waals surface area contributed by atoms with Crippen molar-refractivity contribution in [2.24, 2.45) is 11.1 Å². The number of primary amides is 1. The highest BCUT2D eigenvalue weighted by atomic mass is 32.2. The third kappa shape index (κ3) is 14.0. The van der Waals surface area contributed by atoms with E-state index in [0.29, 0.717) is 29.5 Å². The van der Waals surface area contributed by atoms with Gasteiger partial charge >= 0.3 is 0 Å². The van der Waals surface area contributed by atoms with E-state index in [-0.39, 0.29) is 78.2 Å². The van der Waals surface area contributed by atoms with E-state index in [0.717, 1.165) is 21.7 Å². The van der Waals surface area contributed by atoms with E-state index in [2.05, 4.69) is 40.8 Å². The number of rotatable bonds is 22. The number of aromatic amines is 1. The van der Waals surface area contributed by atoms with Crippen LogP contribution in [0.2, 0.25) is 0 Å². The second-order valence-electron chi connectivity index (χ2n) is 19.3. The SMILES string of the molecule is CCS(=O)(=O)Nc1ccc(-c2[nH]nc(Nc3ccc(C(=O)CCCCC(=O)N[C@H](C(=O)N4C[C@H](O)C[C@H]4C(=O)NCc4ccc(-c5scnc5C)cc4)C(C)(C)C)cn3)c2C(N)=O)cc1O[C@@H](C)c1ccc(F)cc1. The van der Waals surface area contributed by atoms with Crippen LogP contribution in [0.4, 0.5) is 21.7 Å². The summed E-state index contributed by atoms with van der Waals surface area (Å²) >= 11 is 1.55. The number of H-pyrrole nitrogens is 1. The summed E-state index contributed by atoms with van der Waals surface area (Å²) in [5.41, 5.74) is 11.3. The first-order chi connectivity index (χ1) is 35.6. The minimum Gasteiger partial charge on any atom is -0.484 e. The van der Waals surface area contributed by atoms with Crippen LogP contribution in [0, 0.1) is 18.2 Å². The maximum absolute atomic E-state index is 14.1. The van der Waals surface area contributed by atoms with Gasteiger partial charge in [-0.05, 0) is 92.1 Å². The number of carbonyl (C=O) groups excluding carboxylic acids is 5. The molecule has 1 aliphatic heterocycles. The number of aromatic nitrogens is 4. The zero-order valence-electron chi connectivity index (χ0n) is 42.4. The molecule has 0 saturated carbocycles. The molecule has 0 spiro atoms. The summed E-state index contributed by atoms with van der Waals surface area (Å²) in [5.74, 6) is -2.63. The largest absolute Gasteiger partial charge is 0.484 e. The van der Waals surface area contributed by atoms with Gasteiger partial charge in [0.05, 0.1) is 39.3 Å². The highest BCUT2D eigenvalue weighted by Gasteiger charge is 2.44. The predicted molar refractivity (Wildman–Crippen MR) is 283 cm³/mol. The fraction of sp³-hybridized carbons (Fsp3) is 0.358. The number of anilines is 3. The Morgan fingerprint density at radius 2 is 1.68 bits per heavy atom. The predicted octanol–water partition coefficient (Wildman–Crippen LogP) is 7.34. The van der Waals surface area contributed by atoms with E-state index in [1.807, 2.05) is 52.0 Å². The first kappa shape index (κ1) is 55.2. The van der Waals surface area contributed by atoms with Gasteiger partial charge in [-0.25, -0.2) is 22.8 Å². The molecule has 3 aromatic heterocycles. The molecule has 3 aromatic carbocycles. The average molecular weight is 1070 g/mol. The summed E-state index contributed by atoms with van der Waals surface area (Å²) < 4.78 is 47.5. The lowest BCUT2D eigenvalue weighted by Crippen LogP contribution is -2.57. The van der Waals surface area contributed by atoms with Gasteiger partial charge in [-0.1, -0.05) is 63.2 Å².